The van der Waals surface area contributed by atoms with E-state index in [-0.39, 0.29) is 23.7 Å². The Hall–Kier alpha value is -0.660. The molecule has 5 rings (SSSR count). The highest BCUT2D eigenvalue weighted by Crippen LogP contribution is 2.63. The summed E-state index contributed by atoms with van der Waals surface area (Å²) in [7, 11) is 0. The van der Waals surface area contributed by atoms with Crippen molar-refractivity contribution in [1.29, 1.82) is 0 Å². The Balaban J connectivity index is 1.61. The predicted molar refractivity (Wildman–Crippen MR) is 65.6 cm³/mol. The smallest absolute Gasteiger partial charge is 0.141 e. The molecule has 0 aromatic heterocycles. The largest absolute Gasteiger partial charge is 0.299 e. The summed E-state index contributed by atoms with van der Waals surface area (Å²) >= 11 is 0. The van der Waals surface area contributed by atoms with Crippen molar-refractivity contribution in [3.8, 4) is 0 Å². The molecule has 0 spiro atoms. The van der Waals surface area contributed by atoms with E-state index in [0.29, 0.717) is 35.2 Å². The molecule has 5 aliphatic carbocycles. The zero-order valence-electron chi connectivity index (χ0n) is 10.7. The highest BCUT2D eigenvalue weighted by Gasteiger charge is 2.65. The molecule has 0 aromatic rings. The average molecular weight is 244 g/mol. The minimum Gasteiger partial charge on any atom is -0.299 e. The van der Waals surface area contributed by atoms with Gasteiger partial charge in [-0.25, -0.2) is 0 Å². The number of Topliss-reactive ketones (excluding diaryl/α,β-unsaturated/α-hetero) is 2. The first kappa shape index (κ1) is 10.2. The van der Waals surface area contributed by atoms with Gasteiger partial charge in [-0.2, -0.15) is 0 Å². The minimum atomic E-state index is 0.164. The fraction of sp³-hybridized carbons (Fsp3) is 0.875. The molecule has 0 radical (unpaired) electrons. The standard InChI is InChI=1S/C16H20O2/c17-15-11-7-1-2-8(5-7)12(11)16(18)14-10-4-3-9(6-10)13(14)15/h7-14H,1-6H2/t7-,8-,9-,10+,11-,12-,13-,14+/m1/s1. The molecule has 4 bridgehead atoms. The maximum absolute atomic E-state index is 12.9. The van der Waals surface area contributed by atoms with E-state index in [1.165, 1.54) is 38.5 Å². The van der Waals surface area contributed by atoms with Gasteiger partial charge in [-0.05, 0) is 62.2 Å². The van der Waals surface area contributed by atoms with Crippen molar-refractivity contribution in [2.24, 2.45) is 47.3 Å². The summed E-state index contributed by atoms with van der Waals surface area (Å²) in [6.45, 7) is 0. The molecule has 0 aliphatic heterocycles. The Bertz CT molecular complexity index is 376. The third-order valence-corrected chi connectivity index (χ3v) is 7.15. The summed E-state index contributed by atoms with van der Waals surface area (Å²) < 4.78 is 0. The third kappa shape index (κ3) is 0.959. The van der Waals surface area contributed by atoms with Crippen molar-refractivity contribution in [2.45, 2.75) is 38.5 Å². The predicted octanol–water partition coefficient (Wildman–Crippen LogP) is 2.46. The number of rotatable bonds is 0. The van der Waals surface area contributed by atoms with Gasteiger partial charge < -0.3 is 0 Å². The van der Waals surface area contributed by atoms with Crippen LogP contribution in [-0.2, 0) is 9.59 Å². The van der Waals surface area contributed by atoms with Gasteiger partial charge in [0.05, 0.1) is 0 Å². The van der Waals surface area contributed by atoms with Crippen molar-refractivity contribution >= 4 is 11.6 Å². The Labute approximate surface area is 108 Å². The van der Waals surface area contributed by atoms with E-state index < -0.39 is 0 Å². The summed E-state index contributed by atoms with van der Waals surface area (Å²) in [6, 6.07) is 0. The molecule has 18 heavy (non-hydrogen) atoms. The summed E-state index contributed by atoms with van der Waals surface area (Å²) in [5.74, 6) is 4.04. The monoisotopic (exact) mass is 244 g/mol. The number of carbonyl (C=O) groups excluding carboxylic acids is 2. The number of hydrogen-bond donors (Lipinski definition) is 0. The van der Waals surface area contributed by atoms with Gasteiger partial charge in [0.25, 0.3) is 0 Å². The van der Waals surface area contributed by atoms with Crippen molar-refractivity contribution in [3.63, 3.8) is 0 Å². The average Bonchev–Trinajstić information content (AvgIpc) is 3.10. The molecule has 0 saturated heterocycles. The maximum atomic E-state index is 12.9. The second-order valence-electron chi connectivity index (χ2n) is 7.57. The minimum absolute atomic E-state index is 0.164. The normalized spacial score (nSPS) is 60.2. The van der Waals surface area contributed by atoms with Crippen LogP contribution in [0.3, 0.4) is 0 Å². The van der Waals surface area contributed by atoms with E-state index in [9.17, 15) is 9.59 Å². The first-order chi connectivity index (χ1) is 8.75. The van der Waals surface area contributed by atoms with E-state index in [2.05, 4.69) is 0 Å². The fourth-order valence-corrected chi connectivity index (χ4v) is 6.66. The number of carbonyl (C=O) groups is 2. The van der Waals surface area contributed by atoms with Gasteiger partial charge in [-0.1, -0.05) is 0 Å². The Morgan fingerprint density at radius 1 is 0.556 bits per heavy atom. The van der Waals surface area contributed by atoms with Gasteiger partial charge in [-0.3, -0.25) is 9.59 Å². The topological polar surface area (TPSA) is 34.1 Å². The van der Waals surface area contributed by atoms with Gasteiger partial charge in [-0.15, -0.1) is 0 Å². The number of ketones is 2. The zero-order valence-corrected chi connectivity index (χ0v) is 10.7. The molecule has 5 saturated carbocycles. The molecule has 8 atom stereocenters. The second kappa shape index (κ2) is 3.08. The van der Waals surface area contributed by atoms with Crippen molar-refractivity contribution in [3.05, 3.63) is 0 Å². The summed E-state index contributed by atoms with van der Waals surface area (Å²) in [4.78, 5) is 25.7. The lowest BCUT2D eigenvalue weighted by Crippen LogP contribution is -2.51. The Kier molecular flexibility index (Phi) is 1.74. The molecule has 0 heterocycles. The first-order valence-corrected chi connectivity index (χ1v) is 7.83. The van der Waals surface area contributed by atoms with Gasteiger partial charge in [0.1, 0.15) is 11.6 Å². The third-order valence-electron chi connectivity index (χ3n) is 7.15. The van der Waals surface area contributed by atoms with Crippen LogP contribution in [0, 0.1) is 47.3 Å². The molecule has 2 heteroatoms. The highest BCUT2D eigenvalue weighted by atomic mass is 16.1. The van der Waals surface area contributed by atoms with Crippen molar-refractivity contribution in [2.75, 3.05) is 0 Å². The second-order valence-corrected chi connectivity index (χ2v) is 7.57. The van der Waals surface area contributed by atoms with Crippen LogP contribution < -0.4 is 0 Å². The van der Waals surface area contributed by atoms with Crippen LogP contribution in [0.5, 0.6) is 0 Å². The molecular weight excluding hydrogens is 224 g/mol. The van der Waals surface area contributed by atoms with E-state index in [1.807, 2.05) is 0 Å². The summed E-state index contributed by atoms with van der Waals surface area (Å²) in [5, 5.41) is 0. The van der Waals surface area contributed by atoms with E-state index in [1.54, 1.807) is 0 Å². The summed E-state index contributed by atoms with van der Waals surface area (Å²) in [6.07, 6.45) is 7.24. The van der Waals surface area contributed by atoms with Crippen LogP contribution in [0.15, 0.2) is 0 Å². The van der Waals surface area contributed by atoms with Gasteiger partial charge in [0.2, 0.25) is 0 Å². The number of fused-ring (bicyclic) bond motifs is 10. The quantitative estimate of drug-likeness (QED) is 0.656. The first-order valence-electron chi connectivity index (χ1n) is 7.83. The van der Waals surface area contributed by atoms with E-state index in [0.717, 1.165) is 0 Å². The van der Waals surface area contributed by atoms with Crippen molar-refractivity contribution < 1.29 is 9.59 Å². The highest BCUT2D eigenvalue weighted by molar-refractivity contribution is 6.01. The molecule has 5 fully saturated rings. The molecule has 96 valence electrons. The van der Waals surface area contributed by atoms with Gasteiger partial charge in [0.15, 0.2) is 0 Å². The van der Waals surface area contributed by atoms with E-state index in [4.69, 9.17) is 0 Å². The lowest BCUT2D eigenvalue weighted by molar-refractivity contribution is -0.152. The zero-order chi connectivity index (χ0) is 12.0. The lowest BCUT2D eigenvalue weighted by Gasteiger charge is -2.42. The van der Waals surface area contributed by atoms with E-state index >= 15 is 0 Å². The molecule has 0 N–H and O–H groups in total. The van der Waals surface area contributed by atoms with Gasteiger partial charge >= 0.3 is 0 Å². The molecular formula is C16H20O2. The fourth-order valence-electron chi connectivity index (χ4n) is 6.66. The van der Waals surface area contributed by atoms with Crippen LogP contribution in [0.4, 0.5) is 0 Å². The molecule has 0 unspecified atom stereocenters. The Morgan fingerprint density at radius 3 is 1.11 bits per heavy atom. The Morgan fingerprint density at radius 2 is 0.833 bits per heavy atom. The van der Waals surface area contributed by atoms with Crippen LogP contribution in [-0.4, -0.2) is 11.6 Å². The van der Waals surface area contributed by atoms with Crippen LogP contribution in [0.1, 0.15) is 38.5 Å². The SMILES string of the molecule is O=C1[C@@H]2[C@@H]3CC[C@H](C3)[C@H]2C(=O)[C@H]2[C@H]3CC[C@H](C3)[C@@H]12. The van der Waals surface area contributed by atoms with Gasteiger partial charge in [0, 0.05) is 23.7 Å². The van der Waals surface area contributed by atoms with Crippen LogP contribution in [0.2, 0.25) is 0 Å². The molecule has 5 aliphatic rings. The van der Waals surface area contributed by atoms with Crippen molar-refractivity contribution in [1.82, 2.24) is 0 Å². The van der Waals surface area contributed by atoms with Crippen LogP contribution >= 0.6 is 0 Å². The van der Waals surface area contributed by atoms with Crippen LogP contribution in [0.25, 0.3) is 0 Å². The molecule has 0 amide bonds. The molecule has 2 nitrogen and oxygen atoms in total. The lowest BCUT2D eigenvalue weighted by atomic mass is 9.58. The molecule has 0 aromatic carbocycles. The number of hydrogen-bond acceptors (Lipinski definition) is 2. The maximum Gasteiger partial charge on any atom is 0.141 e. The summed E-state index contributed by atoms with van der Waals surface area (Å²) in [5.41, 5.74) is 0.